The van der Waals surface area contributed by atoms with Crippen molar-refractivity contribution in [1.82, 2.24) is 10.3 Å². The van der Waals surface area contributed by atoms with Crippen molar-refractivity contribution >= 4 is 17.2 Å². The van der Waals surface area contributed by atoms with Gasteiger partial charge in [-0.1, -0.05) is 17.8 Å². The highest BCUT2D eigenvalue weighted by Gasteiger charge is 2.17. The summed E-state index contributed by atoms with van der Waals surface area (Å²) in [6.07, 6.45) is 5.43. The van der Waals surface area contributed by atoms with Gasteiger partial charge in [0.1, 0.15) is 11.5 Å². The van der Waals surface area contributed by atoms with E-state index in [1.54, 1.807) is 30.5 Å². The van der Waals surface area contributed by atoms with Crippen LogP contribution in [0.25, 0.3) is 0 Å². The fraction of sp³-hybridized carbons (Fsp3) is 0.375. The van der Waals surface area contributed by atoms with Crippen LogP contribution in [-0.4, -0.2) is 24.0 Å². The maximum Gasteiger partial charge on any atom is 0.278 e. The predicted octanol–water partition coefficient (Wildman–Crippen LogP) is 3.23. The number of ether oxygens (including phenoxy) is 2. The molecule has 6 heteroatoms. The zero-order valence-corrected chi connectivity index (χ0v) is 13.0. The molecule has 1 aliphatic carbocycles. The van der Waals surface area contributed by atoms with Gasteiger partial charge in [-0.2, -0.15) is 0 Å². The third-order valence-corrected chi connectivity index (χ3v) is 4.27. The Bertz CT molecular complexity index is 594. The summed E-state index contributed by atoms with van der Waals surface area (Å²) >= 11 is 1.43. The first kappa shape index (κ1) is 14.8. The van der Waals surface area contributed by atoms with E-state index in [4.69, 9.17) is 9.47 Å². The second-order valence-electron chi connectivity index (χ2n) is 5.26. The van der Waals surface area contributed by atoms with Crippen molar-refractivity contribution in [2.24, 2.45) is 5.92 Å². The van der Waals surface area contributed by atoms with E-state index in [2.05, 4.69) is 10.3 Å². The molecule has 1 saturated carbocycles. The van der Waals surface area contributed by atoms with Gasteiger partial charge in [-0.3, -0.25) is 4.79 Å². The van der Waals surface area contributed by atoms with Crippen molar-refractivity contribution in [3.63, 3.8) is 0 Å². The summed E-state index contributed by atoms with van der Waals surface area (Å²) in [5.41, 5.74) is 0. The quantitative estimate of drug-likeness (QED) is 0.851. The van der Waals surface area contributed by atoms with E-state index in [0.717, 1.165) is 6.54 Å². The topological polar surface area (TPSA) is 60.5 Å². The minimum Gasteiger partial charge on any atom is -0.484 e. The highest BCUT2D eigenvalue weighted by Crippen LogP contribution is 2.26. The molecule has 0 saturated heterocycles. The monoisotopic (exact) mass is 318 g/mol. The Hall–Kier alpha value is -2.08. The second kappa shape index (κ2) is 7.26. The van der Waals surface area contributed by atoms with Crippen LogP contribution < -0.4 is 14.8 Å². The van der Waals surface area contributed by atoms with Crippen LogP contribution in [0.15, 0.2) is 35.8 Å². The van der Waals surface area contributed by atoms with Crippen molar-refractivity contribution in [2.75, 3.05) is 13.2 Å². The molecule has 1 fully saturated rings. The first-order valence-electron chi connectivity index (χ1n) is 7.36. The SMILES string of the molecule is O=C(COc1ccc(Oc2nccs2)cc1)NCC1CCC1. The number of hydrogen-bond donors (Lipinski definition) is 1. The molecule has 2 aromatic rings. The fourth-order valence-electron chi connectivity index (χ4n) is 2.12. The molecule has 1 heterocycles. The number of carbonyl (C=O) groups is 1. The standard InChI is InChI=1S/C16H18N2O3S/c19-15(18-10-12-2-1-3-12)11-20-13-4-6-14(7-5-13)21-16-17-8-9-22-16/h4-9,12H,1-3,10-11H2,(H,18,19). The van der Waals surface area contributed by atoms with Gasteiger partial charge in [0.25, 0.3) is 11.1 Å². The Morgan fingerprint density at radius 2 is 2.05 bits per heavy atom. The van der Waals surface area contributed by atoms with Crippen molar-refractivity contribution < 1.29 is 14.3 Å². The Balaban J connectivity index is 1.41. The molecule has 0 unspecified atom stereocenters. The lowest BCUT2D eigenvalue weighted by Gasteiger charge is -2.25. The number of amides is 1. The average molecular weight is 318 g/mol. The van der Waals surface area contributed by atoms with Crippen LogP contribution in [0, 0.1) is 5.92 Å². The number of nitrogens with zero attached hydrogens (tertiary/aromatic N) is 1. The molecule has 0 aliphatic heterocycles. The number of nitrogens with one attached hydrogen (secondary N) is 1. The third kappa shape index (κ3) is 4.21. The molecule has 1 N–H and O–H groups in total. The Kier molecular flexibility index (Phi) is 4.90. The first-order valence-corrected chi connectivity index (χ1v) is 8.24. The third-order valence-electron chi connectivity index (χ3n) is 3.62. The maximum atomic E-state index is 11.7. The van der Waals surface area contributed by atoms with Gasteiger partial charge in [-0.25, -0.2) is 4.98 Å². The van der Waals surface area contributed by atoms with Gasteiger partial charge in [0.05, 0.1) is 0 Å². The molecule has 1 amide bonds. The highest BCUT2D eigenvalue weighted by molar-refractivity contribution is 7.11. The van der Waals surface area contributed by atoms with E-state index < -0.39 is 0 Å². The van der Waals surface area contributed by atoms with E-state index in [-0.39, 0.29) is 12.5 Å². The van der Waals surface area contributed by atoms with E-state index in [0.29, 0.717) is 22.6 Å². The number of thiazole rings is 1. The largest absolute Gasteiger partial charge is 0.484 e. The highest BCUT2D eigenvalue weighted by atomic mass is 32.1. The summed E-state index contributed by atoms with van der Waals surface area (Å²) in [5, 5.41) is 5.36. The van der Waals surface area contributed by atoms with Crippen molar-refractivity contribution in [3.8, 4) is 16.7 Å². The van der Waals surface area contributed by atoms with Crippen molar-refractivity contribution in [2.45, 2.75) is 19.3 Å². The van der Waals surface area contributed by atoms with Crippen molar-refractivity contribution in [1.29, 1.82) is 0 Å². The van der Waals surface area contributed by atoms with E-state index in [9.17, 15) is 4.79 Å². The van der Waals surface area contributed by atoms with Crippen LogP contribution >= 0.6 is 11.3 Å². The summed E-state index contributed by atoms with van der Waals surface area (Å²) in [5.74, 6) is 1.92. The van der Waals surface area contributed by atoms with Gasteiger partial charge in [-0.15, -0.1) is 0 Å². The summed E-state index contributed by atoms with van der Waals surface area (Å²) in [6.45, 7) is 0.808. The summed E-state index contributed by atoms with van der Waals surface area (Å²) < 4.78 is 11.0. The minimum absolute atomic E-state index is 0.0411. The van der Waals surface area contributed by atoms with Gasteiger partial charge in [0.2, 0.25) is 0 Å². The summed E-state index contributed by atoms with van der Waals surface area (Å²) in [6, 6.07) is 7.15. The summed E-state index contributed by atoms with van der Waals surface area (Å²) in [7, 11) is 0. The van der Waals surface area contributed by atoms with Gasteiger partial charge < -0.3 is 14.8 Å². The van der Waals surface area contributed by atoms with Crippen LogP contribution in [0.1, 0.15) is 19.3 Å². The Morgan fingerprint density at radius 3 is 2.68 bits per heavy atom. The lowest BCUT2D eigenvalue weighted by Crippen LogP contribution is -2.35. The van der Waals surface area contributed by atoms with Gasteiger partial charge in [0.15, 0.2) is 6.61 Å². The number of rotatable bonds is 7. The average Bonchev–Trinajstić information content (AvgIpc) is 2.98. The Morgan fingerprint density at radius 1 is 1.27 bits per heavy atom. The minimum atomic E-state index is -0.0741. The number of hydrogen-bond acceptors (Lipinski definition) is 5. The smallest absolute Gasteiger partial charge is 0.278 e. The van der Waals surface area contributed by atoms with E-state index in [1.807, 2.05) is 5.38 Å². The van der Waals surface area contributed by atoms with Crippen LogP contribution in [0.5, 0.6) is 16.7 Å². The molecule has 0 spiro atoms. The van der Waals surface area contributed by atoms with Gasteiger partial charge in [-0.05, 0) is 43.0 Å². The van der Waals surface area contributed by atoms with Crippen LogP contribution in [0.3, 0.4) is 0 Å². The number of carbonyl (C=O) groups excluding carboxylic acids is 1. The van der Waals surface area contributed by atoms with Crippen LogP contribution in [0.4, 0.5) is 0 Å². The van der Waals surface area contributed by atoms with Crippen LogP contribution in [-0.2, 0) is 4.79 Å². The molecule has 0 radical (unpaired) electrons. The van der Waals surface area contributed by atoms with Gasteiger partial charge >= 0.3 is 0 Å². The molecule has 116 valence electrons. The number of aromatic nitrogens is 1. The molecular weight excluding hydrogens is 300 g/mol. The van der Waals surface area contributed by atoms with Gasteiger partial charge in [0, 0.05) is 18.1 Å². The first-order chi connectivity index (χ1) is 10.8. The summed E-state index contributed by atoms with van der Waals surface area (Å²) in [4.78, 5) is 15.7. The molecule has 0 atom stereocenters. The fourth-order valence-corrected chi connectivity index (χ4v) is 2.62. The zero-order chi connectivity index (χ0) is 15.2. The second-order valence-corrected chi connectivity index (χ2v) is 6.12. The maximum absolute atomic E-state index is 11.7. The normalized spacial score (nSPS) is 14.2. The van der Waals surface area contributed by atoms with Crippen molar-refractivity contribution in [3.05, 3.63) is 35.8 Å². The molecule has 5 nitrogen and oxygen atoms in total. The molecule has 22 heavy (non-hydrogen) atoms. The van der Waals surface area contributed by atoms with Crippen LogP contribution in [0.2, 0.25) is 0 Å². The molecule has 1 aromatic heterocycles. The molecular formula is C16H18N2O3S. The van der Waals surface area contributed by atoms with E-state index in [1.165, 1.54) is 30.6 Å². The lowest BCUT2D eigenvalue weighted by molar-refractivity contribution is -0.123. The molecule has 1 aliphatic rings. The lowest BCUT2D eigenvalue weighted by atomic mass is 9.85. The molecule has 0 bridgehead atoms. The van der Waals surface area contributed by atoms with E-state index >= 15 is 0 Å². The molecule has 3 rings (SSSR count). The molecule has 1 aromatic carbocycles. The Labute approximate surface area is 133 Å². The predicted molar refractivity (Wildman–Crippen MR) is 84.5 cm³/mol. The zero-order valence-electron chi connectivity index (χ0n) is 12.2. The number of benzene rings is 1.